The largest absolute Gasteiger partial charge is 0.494 e. The Morgan fingerprint density at radius 1 is 1.27 bits per heavy atom. The number of hydrogen-bond donors (Lipinski definition) is 1. The van der Waals surface area contributed by atoms with E-state index in [1.54, 1.807) is 36.6 Å². The van der Waals surface area contributed by atoms with Gasteiger partial charge < -0.3 is 18.9 Å². The molecule has 0 aliphatic rings. The van der Waals surface area contributed by atoms with Gasteiger partial charge in [0.25, 0.3) is 5.56 Å². The molecule has 0 saturated heterocycles. The van der Waals surface area contributed by atoms with Crippen molar-refractivity contribution in [1.29, 1.82) is 0 Å². The summed E-state index contributed by atoms with van der Waals surface area (Å²) in [4.78, 5) is 32.1. The van der Waals surface area contributed by atoms with Crippen LogP contribution in [-0.4, -0.2) is 35.4 Å². The van der Waals surface area contributed by atoms with Crippen molar-refractivity contribution in [3.8, 4) is 17.1 Å². The fourth-order valence-electron chi connectivity index (χ4n) is 2.83. The van der Waals surface area contributed by atoms with Crippen molar-refractivity contribution in [3.05, 3.63) is 64.0 Å². The maximum atomic E-state index is 12.5. The standard InChI is InChI=1S/C21H18N2O5S2/c1-26-20(25)13-5-7-14(8-6-13)27-10-3-11-29-21-22-18(24)17-15(12-30-19(17)23-21)16-4-2-9-28-16/h2,4-9,12H,3,10-11H2,1H3,(H,22,23,24). The van der Waals surface area contributed by atoms with Crippen LogP contribution in [0.15, 0.2) is 62.4 Å². The van der Waals surface area contributed by atoms with Crippen molar-refractivity contribution in [2.75, 3.05) is 19.5 Å². The van der Waals surface area contributed by atoms with Gasteiger partial charge in [-0.2, -0.15) is 0 Å². The number of hydrogen-bond acceptors (Lipinski definition) is 8. The van der Waals surface area contributed by atoms with Crippen LogP contribution < -0.4 is 10.3 Å². The van der Waals surface area contributed by atoms with Crippen LogP contribution in [0, 0.1) is 0 Å². The molecule has 7 nitrogen and oxygen atoms in total. The van der Waals surface area contributed by atoms with E-state index in [2.05, 4.69) is 14.7 Å². The second-order valence-electron chi connectivity index (χ2n) is 6.24. The third kappa shape index (κ3) is 4.42. The SMILES string of the molecule is COC(=O)c1ccc(OCCCSc2nc3scc(-c4ccco4)c3c(=O)[nH]2)cc1. The average Bonchev–Trinajstić information content (AvgIpc) is 3.43. The summed E-state index contributed by atoms with van der Waals surface area (Å²) in [6, 6.07) is 10.4. The summed E-state index contributed by atoms with van der Waals surface area (Å²) in [5.41, 5.74) is 1.07. The zero-order valence-electron chi connectivity index (χ0n) is 16.0. The first-order chi connectivity index (χ1) is 14.7. The number of thiophene rings is 1. The molecule has 0 aliphatic carbocycles. The number of benzene rings is 1. The van der Waals surface area contributed by atoms with E-state index in [-0.39, 0.29) is 11.5 Å². The van der Waals surface area contributed by atoms with Crippen molar-refractivity contribution in [3.63, 3.8) is 0 Å². The van der Waals surface area contributed by atoms with E-state index in [9.17, 15) is 9.59 Å². The maximum absolute atomic E-state index is 12.5. The predicted molar refractivity (Wildman–Crippen MR) is 117 cm³/mol. The molecule has 154 valence electrons. The van der Waals surface area contributed by atoms with Gasteiger partial charge in [0, 0.05) is 16.7 Å². The van der Waals surface area contributed by atoms with E-state index in [0.29, 0.717) is 39.1 Å². The van der Waals surface area contributed by atoms with Gasteiger partial charge in [-0.15, -0.1) is 11.3 Å². The van der Waals surface area contributed by atoms with Gasteiger partial charge >= 0.3 is 5.97 Å². The highest BCUT2D eigenvalue weighted by molar-refractivity contribution is 7.99. The first-order valence-electron chi connectivity index (χ1n) is 9.15. The predicted octanol–water partition coefficient (Wildman–Crippen LogP) is 4.59. The number of aromatic nitrogens is 2. The van der Waals surface area contributed by atoms with Crippen molar-refractivity contribution in [2.24, 2.45) is 0 Å². The number of fused-ring (bicyclic) bond motifs is 1. The monoisotopic (exact) mass is 442 g/mol. The van der Waals surface area contributed by atoms with E-state index >= 15 is 0 Å². The van der Waals surface area contributed by atoms with Crippen LogP contribution in [-0.2, 0) is 4.74 Å². The number of nitrogens with one attached hydrogen (secondary N) is 1. The number of esters is 1. The molecule has 3 heterocycles. The summed E-state index contributed by atoms with van der Waals surface area (Å²) in [7, 11) is 1.35. The Balaban J connectivity index is 1.31. The molecule has 4 rings (SSSR count). The molecule has 0 aliphatic heterocycles. The summed E-state index contributed by atoms with van der Waals surface area (Å²) < 4.78 is 15.8. The average molecular weight is 443 g/mol. The topological polar surface area (TPSA) is 94.4 Å². The number of carbonyl (C=O) groups excluding carboxylic acids is 1. The number of aromatic amines is 1. The fraction of sp³-hybridized carbons (Fsp3) is 0.190. The Morgan fingerprint density at radius 3 is 2.83 bits per heavy atom. The Morgan fingerprint density at radius 2 is 2.10 bits per heavy atom. The molecule has 1 N–H and O–H groups in total. The number of carbonyl (C=O) groups is 1. The Kier molecular flexibility index (Phi) is 6.20. The van der Waals surface area contributed by atoms with Crippen molar-refractivity contribution >= 4 is 39.3 Å². The minimum atomic E-state index is -0.376. The van der Waals surface area contributed by atoms with Gasteiger partial charge in [0.1, 0.15) is 16.3 Å². The second-order valence-corrected chi connectivity index (χ2v) is 8.19. The minimum absolute atomic E-state index is 0.169. The van der Waals surface area contributed by atoms with Crippen LogP contribution in [0.3, 0.4) is 0 Å². The van der Waals surface area contributed by atoms with Crippen LogP contribution in [0.1, 0.15) is 16.8 Å². The fourth-order valence-corrected chi connectivity index (χ4v) is 4.60. The van der Waals surface area contributed by atoms with Crippen LogP contribution in [0.5, 0.6) is 5.75 Å². The molecular weight excluding hydrogens is 424 g/mol. The van der Waals surface area contributed by atoms with Crippen LogP contribution in [0.2, 0.25) is 0 Å². The van der Waals surface area contributed by atoms with Gasteiger partial charge in [-0.05, 0) is 42.8 Å². The smallest absolute Gasteiger partial charge is 0.337 e. The van der Waals surface area contributed by atoms with Gasteiger partial charge in [-0.3, -0.25) is 4.79 Å². The Hall–Kier alpha value is -3.04. The lowest BCUT2D eigenvalue weighted by Gasteiger charge is -2.06. The number of rotatable bonds is 8. The molecule has 0 bridgehead atoms. The van der Waals surface area contributed by atoms with E-state index in [4.69, 9.17) is 9.15 Å². The molecule has 9 heteroatoms. The lowest BCUT2D eigenvalue weighted by atomic mass is 10.2. The Labute approximate surface area is 180 Å². The lowest BCUT2D eigenvalue weighted by molar-refractivity contribution is 0.0600. The van der Waals surface area contributed by atoms with E-state index < -0.39 is 0 Å². The molecule has 3 aromatic heterocycles. The minimum Gasteiger partial charge on any atom is -0.494 e. The van der Waals surface area contributed by atoms with Gasteiger partial charge in [0.2, 0.25) is 0 Å². The van der Waals surface area contributed by atoms with Gasteiger partial charge in [0.15, 0.2) is 5.16 Å². The number of nitrogens with zero attached hydrogens (tertiary/aromatic N) is 1. The van der Waals surface area contributed by atoms with Crippen molar-refractivity contribution in [1.82, 2.24) is 9.97 Å². The second kappa shape index (κ2) is 9.19. The first-order valence-corrected chi connectivity index (χ1v) is 11.0. The third-order valence-electron chi connectivity index (χ3n) is 4.28. The number of furan rings is 1. The van der Waals surface area contributed by atoms with E-state index in [1.165, 1.54) is 30.2 Å². The van der Waals surface area contributed by atoms with Gasteiger partial charge in [-0.25, -0.2) is 9.78 Å². The zero-order chi connectivity index (χ0) is 20.9. The number of methoxy groups -OCH3 is 1. The molecule has 1 aromatic carbocycles. The molecule has 4 aromatic rings. The summed E-state index contributed by atoms with van der Waals surface area (Å²) in [5.74, 6) is 1.71. The molecule has 30 heavy (non-hydrogen) atoms. The number of thioether (sulfide) groups is 1. The molecule has 0 atom stereocenters. The van der Waals surface area contributed by atoms with Crippen LogP contribution in [0.4, 0.5) is 0 Å². The summed E-state index contributed by atoms with van der Waals surface area (Å²) >= 11 is 2.90. The maximum Gasteiger partial charge on any atom is 0.337 e. The molecule has 0 amide bonds. The van der Waals surface area contributed by atoms with Gasteiger partial charge in [-0.1, -0.05) is 11.8 Å². The van der Waals surface area contributed by atoms with Gasteiger partial charge in [0.05, 0.1) is 30.9 Å². The number of ether oxygens (including phenoxy) is 2. The lowest BCUT2D eigenvalue weighted by Crippen LogP contribution is -2.09. The molecule has 0 spiro atoms. The molecule has 0 radical (unpaired) electrons. The molecule has 0 saturated carbocycles. The summed E-state index contributed by atoms with van der Waals surface area (Å²) in [6.07, 6.45) is 2.35. The highest BCUT2D eigenvalue weighted by Crippen LogP contribution is 2.31. The Bertz CT molecular complexity index is 1200. The molecule has 0 unspecified atom stereocenters. The van der Waals surface area contributed by atoms with Crippen LogP contribution >= 0.6 is 23.1 Å². The van der Waals surface area contributed by atoms with E-state index in [0.717, 1.165) is 17.7 Å². The van der Waals surface area contributed by atoms with Crippen LogP contribution in [0.25, 0.3) is 21.5 Å². The van der Waals surface area contributed by atoms with Crippen molar-refractivity contribution < 1.29 is 18.7 Å². The van der Waals surface area contributed by atoms with Crippen molar-refractivity contribution in [2.45, 2.75) is 11.6 Å². The summed E-state index contributed by atoms with van der Waals surface area (Å²) in [5, 5.41) is 3.03. The first kappa shape index (κ1) is 20.2. The third-order valence-corrected chi connectivity index (χ3v) is 6.11. The highest BCUT2D eigenvalue weighted by Gasteiger charge is 2.14. The number of H-pyrrole nitrogens is 1. The normalized spacial score (nSPS) is 11.0. The van der Waals surface area contributed by atoms with E-state index in [1.807, 2.05) is 11.4 Å². The highest BCUT2D eigenvalue weighted by atomic mass is 32.2. The summed E-state index contributed by atoms with van der Waals surface area (Å²) in [6.45, 7) is 0.513. The zero-order valence-corrected chi connectivity index (χ0v) is 17.7. The molecular formula is C21H18N2O5S2. The molecule has 0 fully saturated rings. The quantitative estimate of drug-likeness (QED) is 0.185.